The van der Waals surface area contributed by atoms with E-state index < -0.39 is 0 Å². The zero-order valence-electron chi connectivity index (χ0n) is 13.7. The molecule has 0 heterocycles. The molecule has 2 unspecified atom stereocenters. The number of nitrogens with one attached hydrogen (secondary N) is 2. The first-order valence-electron chi connectivity index (χ1n) is 8.15. The highest BCUT2D eigenvalue weighted by molar-refractivity contribution is 5.91. The molecule has 1 amide bonds. The molecule has 1 saturated carbocycles. The van der Waals surface area contributed by atoms with Crippen LogP contribution in [-0.4, -0.2) is 11.9 Å². The molecule has 0 radical (unpaired) electrons. The smallest absolute Gasteiger partial charge is 0.224 e. The number of hydrogen-bond acceptors (Lipinski definition) is 2. The van der Waals surface area contributed by atoms with Gasteiger partial charge in [0, 0.05) is 23.8 Å². The van der Waals surface area contributed by atoms with E-state index in [1.165, 1.54) is 24.8 Å². The van der Waals surface area contributed by atoms with Crippen LogP contribution >= 0.6 is 0 Å². The van der Waals surface area contributed by atoms with Crippen molar-refractivity contribution in [3.8, 4) is 0 Å². The molecule has 1 aromatic carbocycles. The van der Waals surface area contributed by atoms with Gasteiger partial charge in [0.25, 0.3) is 0 Å². The van der Waals surface area contributed by atoms with E-state index in [1.807, 2.05) is 13.0 Å². The Kier molecular flexibility index (Phi) is 5.27. The molecule has 0 aromatic heterocycles. The molecular weight excluding hydrogens is 260 g/mol. The molecule has 0 saturated heterocycles. The lowest BCUT2D eigenvalue weighted by atomic mass is 9.80. The molecule has 0 bridgehead atoms. The minimum Gasteiger partial charge on any atom is -0.382 e. The number of hydrogen-bond donors (Lipinski definition) is 2. The molecule has 1 aromatic rings. The van der Waals surface area contributed by atoms with Gasteiger partial charge in [0.2, 0.25) is 5.91 Å². The van der Waals surface area contributed by atoms with Crippen LogP contribution < -0.4 is 10.6 Å². The fourth-order valence-corrected chi connectivity index (χ4v) is 3.39. The van der Waals surface area contributed by atoms with E-state index in [9.17, 15) is 4.79 Å². The topological polar surface area (TPSA) is 41.1 Å². The van der Waals surface area contributed by atoms with Crippen molar-refractivity contribution < 1.29 is 4.79 Å². The molecule has 2 rings (SSSR count). The van der Waals surface area contributed by atoms with Crippen LogP contribution in [0.2, 0.25) is 0 Å². The van der Waals surface area contributed by atoms with Crippen molar-refractivity contribution in [1.82, 2.24) is 0 Å². The molecule has 2 atom stereocenters. The lowest BCUT2D eigenvalue weighted by Crippen LogP contribution is -2.30. The van der Waals surface area contributed by atoms with Crippen LogP contribution in [0.3, 0.4) is 0 Å². The van der Waals surface area contributed by atoms with Gasteiger partial charge in [0.05, 0.1) is 0 Å². The van der Waals surface area contributed by atoms with E-state index in [0.29, 0.717) is 12.5 Å². The Morgan fingerprint density at radius 3 is 2.48 bits per heavy atom. The summed E-state index contributed by atoms with van der Waals surface area (Å²) in [6.07, 6.45) is 4.31. The highest BCUT2D eigenvalue weighted by atomic mass is 16.1. The zero-order chi connectivity index (χ0) is 15.4. The summed E-state index contributed by atoms with van der Waals surface area (Å²) < 4.78 is 0. The molecule has 21 heavy (non-hydrogen) atoms. The number of benzene rings is 1. The number of carbonyl (C=O) groups excluding carboxylic acids is 1. The number of aryl methyl sites for hydroxylation is 1. The summed E-state index contributed by atoms with van der Waals surface area (Å²) in [5, 5.41) is 6.63. The average Bonchev–Trinajstić information content (AvgIpc) is 2.41. The Morgan fingerprint density at radius 2 is 1.86 bits per heavy atom. The minimum absolute atomic E-state index is 0.0599. The van der Waals surface area contributed by atoms with Gasteiger partial charge in [0.15, 0.2) is 0 Å². The van der Waals surface area contributed by atoms with E-state index >= 15 is 0 Å². The fraction of sp³-hybridized carbons (Fsp3) is 0.611. The van der Waals surface area contributed by atoms with Crippen molar-refractivity contribution in [2.45, 2.75) is 59.4 Å². The molecule has 0 spiro atoms. The van der Waals surface area contributed by atoms with Gasteiger partial charge < -0.3 is 10.6 Å². The van der Waals surface area contributed by atoms with Gasteiger partial charge in [-0.1, -0.05) is 26.8 Å². The Labute approximate surface area is 128 Å². The predicted octanol–water partition coefficient (Wildman–Crippen LogP) is 4.58. The van der Waals surface area contributed by atoms with Crippen molar-refractivity contribution in [2.75, 3.05) is 10.6 Å². The third-order valence-electron chi connectivity index (χ3n) is 4.38. The summed E-state index contributed by atoms with van der Waals surface area (Å²) in [5.41, 5.74) is 3.26. The first-order chi connectivity index (χ1) is 9.97. The second-order valence-corrected chi connectivity index (χ2v) is 6.69. The summed E-state index contributed by atoms with van der Waals surface area (Å²) in [6, 6.07) is 6.65. The van der Waals surface area contributed by atoms with Gasteiger partial charge in [-0.05, 0) is 55.7 Å². The van der Waals surface area contributed by atoms with E-state index in [4.69, 9.17) is 0 Å². The van der Waals surface area contributed by atoms with Crippen molar-refractivity contribution in [1.29, 1.82) is 0 Å². The predicted molar refractivity (Wildman–Crippen MR) is 89.7 cm³/mol. The largest absolute Gasteiger partial charge is 0.382 e. The summed E-state index contributed by atoms with van der Waals surface area (Å²) in [7, 11) is 0. The maximum Gasteiger partial charge on any atom is 0.224 e. The van der Waals surface area contributed by atoms with Gasteiger partial charge in [-0.2, -0.15) is 0 Å². The van der Waals surface area contributed by atoms with Gasteiger partial charge in [-0.15, -0.1) is 0 Å². The van der Waals surface area contributed by atoms with Crippen LogP contribution in [0.25, 0.3) is 0 Å². The summed E-state index contributed by atoms with van der Waals surface area (Å²) in [4.78, 5) is 11.5. The maximum atomic E-state index is 11.5. The number of anilines is 2. The summed E-state index contributed by atoms with van der Waals surface area (Å²) in [5.74, 6) is 1.63. The SMILES string of the molecule is CCC(=O)Nc1ccc(C)c(NC2CC(C)CC(C)C2)c1. The minimum atomic E-state index is 0.0599. The van der Waals surface area contributed by atoms with Crippen LogP contribution in [0.4, 0.5) is 11.4 Å². The lowest BCUT2D eigenvalue weighted by molar-refractivity contribution is -0.115. The van der Waals surface area contributed by atoms with Crippen molar-refractivity contribution in [2.24, 2.45) is 11.8 Å². The Morgan fingerprint density at radius 1 is 1.19 bits per heavy atom. The van der Waals surface area contributed by atoms with Gasteiger partial charge >= 0.3 is 0 Å². The molecule has 3 heteroatoms. The van der Waals surface area contributed by atoms with Crippen molar-refractivity contribution in [3.63, 3.8) is 0 Å². The Hall–Kier alpha value is -1.51. The first kappa shape index (κ1) is 15.9. The maximum absolute atomic E-state index is 11.5. The van der Waals surface area contributed by atoms with E-state index in [2.05, 4.69) is 43.5 Å². The molecule has 116 valence electrons. The first-order valence-corrected chi connectivity index (χ1v) is 8.15. The van der Waals surface area contributed by atoms with E-state index in [1.54, 1.807) is 0 Å². The zero-order valence-corrected chi connectivity index (χ0v) is 13.7. The molecular formula is C18H28N2O. The third kappa shape index (κ3) is 4.48. The van der Waals surface area contributed by atoms with E-state index in [0.717, 1.165) is 23.2 Å². The monoisotopic (exact) mass is 288 g/mol. The average molecular weight is 288 g/mol. The van der Waals surface area contributed by atoms with Crippen LogP contribution in [0.5, 0.6) is 0 Å². The molecule has 3 nitrogen and oxygen atoms in total. The molecule has 2 N–H and O–H groups in total. The van der Waals surface area contributed by atoms with Gasteiger partial charge in [0.1, 0.15) is 0 Å². The van der Waals surface area contributed by atoms with E-state index in [-0.39, 0.29) is 5.91 Å². The number of rotatable bonds is 4. The van der Waals surface area contributed by atoms with Crippen LogP contribution in [-0.2, 0) is 4.79 Å². The standard InChI is InChI=1S/C18H28N2O/c1-5-18(21)20-15-7-6-14(4)17(11-15)19-16-9-12(2)8-13(3)10-16/h6-7,11-13,16,19H,5,8-10H2,1-4H3,(H,20,21). The van der Waals surface area contributed by atoms with Crippen molar-refractivity contribution in [3.05, 3.63) is 23.8 Å². The third-order valence-corrected chi connectivity index (χ3v) is 4.38. The quantitative estimate of drug-likeness (QED) is 0.851. The van der Waals surface area contributed by atoms with Gasteiger partial charge in [-0.3, -0.25) is 4.79 Å². The molecule has 0 aliphatic heterocycles. The summed E-state index contributed by atoms with van der Waals surface area (Å²) >= 11 is 0. The highest BCUT2D eigenvalue weighted by Gasteiger charge is 2.24. The fourth-order valence-electron chi connectivity index (χ4n) is 3.39. The summed E-state index contributed by atoms with van der Waals surface area (Å²) in [6.45, 7) is 8.67. The Balaban J connectivity index is 2.08. The second kappa shape index (κ2) is 6.97. The highest BCUT2D eigenvalue weighted by Crippen LogP contribution is 2.31. The van der Waals surface area contributed by atoms with Crippen molar-refractivity contribution >= 4 is 17.3 Å². The molecule has 1 aliphatic carbocycles. The number of amides is 1. The Bertz CT molecular complexity index is 488. The molecule has 1 fully saturated rings. The molecule has 1 aliphatic rings. The normalized spacial score (nSPS) is 25.4. The lowest BCUT2D eigenvalue weighted by Gasteiger charge is -2.33. The second-order valence-electron chi connectivity index (χ2n) is 6.69. The van der Waals surface area contributed by atoms with Crippen LogP contribution in [0.1, 0.15) is 52.0 Å². The van der Waals surface area contributed by atoms with Crippen LogP contribution in [0.15, 0.2) is 18.2 Å². The van der Waals surface area contributed by atoms with Crippen LogP contribution in [0, 0.1) is 18.8 Å². The number of carbonyl (C=O) groups is 1. The van der Waals surface area contributed by atoms with Gasteiger partial charge in [-0.25, -0.2) is 0 Å².